The van der Waals surface area contributed by atoms with Gasteiger partial charge in [-0.15, -0.1) is 0 Å². The Bertz CT molecular complexity index is 1080. The Kier molecular flexibility index (Phi) is 13.4. The van der Waals surface area contributed by atoms with Crippen LogP contribution in [0.15, 0.2) is 59.3 Å². The summed E-state index contributed by atoms with van der Waals surface area (Å²) in [5, 5.41) is 0. The number of allylic oxidation sites excluding steroid dienone is 10. The fourth-order valence-electron chi connectivity index (χ4n) is 11.7. The lowest BCUT2D eigenvalue weighted by molar-refractivity contribution is 0.0284. The van der Waals surface area contributed by atoms with Crippen molar-refractivity contribution in [3.05, 3.63) is 59.3 Å². The van der Waals surface area contributed by atoms with Gasteiger partial charge in [0.15, 0.2) is 0 Å². The van der Waals surface area contributed by atoms with Crippen LogP contribution in [0.3, 0.4) is 0 Å². The first-order valence-corrected chi connectivity index (χ1v) is 20.9. The van der Waals surface area contributed by atoms with Crippen molar-refractivity contribution in [2.24, 2.45) is 59.0 Å². The van der Waals surface area contributed by atoms with E-state index in [1.54, 1.807) is 5.57 Å². The van der Waals surface area contributed by atoms with Crippen molar-refractivity contribution < 1.29 is 0 Å². The summed E-state index contributed by atoms with van der Waals surface area (Å²) in [5.74, 6) is 8.31. The van der Waals surface area contributed by atoms with Gasteiger partial charge in [0.25, 0.3) is 0 Å². The summed E-state index contributed by atoms with van der Waals surface area (Å²) in [6, 6.07) is 0. The van der Waals surface area contributed by atoms with Crippen LogP contribution in [0.1, 0.15) is 161 Å². The summed E-state index contributed by atoms with van der Waals surface area (Å²) < 4.78 is 0. The van der Waals surface area contributed by atoms with Gasteiger partial charge in [-0.25, -0.2) is 0 Å². The molecule has 0 heterocycles. The Morgan fingerprint density at radius 1 is 0.761 bits per heavy atom. The second-order valence-corrected chi connectivity index (χ2v) is 16.9. The van der Waals surface area contributed by atoms with E-state index < -0.39 is 0 Å². The van der Waals surface area contributed by atoms with Crippen LogP contribution in [0.2, 0.25) is 0 Å². The molecule has 2 N–H and O–H groups in total. The van der Waals surface area contributed by atoms with Gasteiger partial charge in [0.1, 0.15) is 0 Å². The standard InChI is InChI=1S/C45H71N/c1-2-14-38(16-8-6-4-3-5-7-13-32-46)42-30-31-43(45-19-12-11-18-44(42)45)39-27-24-36(25-28-39)35-20-22-37(23-21-35)41-29-26-34-15-9-10-17-40(34)33-41/h9-10,15-17,24,33-35,37,39,41-45H,2-8,11-14,18-23,25-32,46H2,1H3/b38-16+. The van der Waals surface area contributed by atoms with Crippen LogP contribution < -0.4 is 5.73 Å². The number of nitrogens with two attached hydrogens (primary N) is 1. The highest BCUT2D eigenvalue weighted by molar-refractivity contribution is 5.35. The zero-order chi connectivity index (χ0) is 31.6. The molecular formula is C45H71N. The van der Waals surface area contributed by atoms with Gasteiger partial charge in [0.05, 0.1) is 0 Å². The van der Waals surface area contributed by atoms with E-state index in [9.17, 15) is 0 Å². The summed E-state index contributed by atoms with van der Waals surface area (Å²) >= 11 is 0. The van der Waals surface area contributed by atoms with E-state index in [0.29, 0.717) is 5.92 Å². The average Bonchev–Trinajstić information content (AvgIpc) is 3.12. The number of fused-ring (bicyclic) bond motifs is 2. The second kappa shape index (κ2) is 17.9. The lowest BCUT2D eigenvalue weighted by Gasteiger charge is -2.50. The van der Waals surface area contributed by atoms with Crippen molar-refractivity contribution in [2.75, 3.05) is 6.54 Å². The molecule has 0 radical (unpaired) electrons. The van der Waals surface area contributed by atoms with E-state index in [-0.39, 0.29) is 0 Å². The van der Waals surface area contributed by atoms with Gasteiger partial charge in [-0.3, -0.25) is 0 Å². The highest BCUT2D eigenvalue weighted by Gasteiger charge is 2.44. The van der Waals surface area contributed by atoms with Crippen molar-refractivity contribution in [1.82, 2.24) is 0 Å². The lowest BCUT2D eigenvalue weighted by Crippen LogP contribution is -2.41. The fraction of sp³-hybridized carbons (Fsp3) is 0.778. The molecule has 46 heavy (non-hydrogen) atoms. The van der Waals surface area contributed by atoms with Gasteiger partial charge >= 0.3 is 0 Å². The second-order valence-electron chi connectivity index (χ2n) is 16.9. The third kappa shape index (κ3) is 8.81. The predicted octanol–water partition coefficient (Wildman–Crippen LogP) is 12.8. The van der Waals surface area contributed by atoms with Gasteiger partial charge in [0, 0.05) is 5.92 Å². The van der Waals surface area contributed by atoms with Gasteiger partial charge < -0.3 is 5.73 Å². The highest BCUT2D eigenvalue weighted by atomic mass is 14.5. The molecule has 1 nitrogen and oxygen atoms in total. The van der Waals surface area contributed by atoms with Crippen molar-refractivity contribution >= 4 is 0 Å². The van der Waals surface area contributed by atoms with Gasteiger partial charge in [-0.1, -0.05) is 106 Å². The van der Waals surface area contributed by atoms with Crippen molar-refractivity contribution in [2.45, 2.75) is 161 Å². The Hall–Kier alpha value is -1.34. The number of unbranched alkanes of at least 4 members (excludes halogenated alkanes) is 6. The highest BCUT2D eigenvalue weighted by Crippen LogP contribution is 2.54. The summed E-state index contributed by atoms with van der Waals surface area (Å²) in [4.78, 5) is 0. The fourth-order valence-corrected chi connectivity index (χ4v) is 11.7. The van der Waals surface area contributed by atoms with Crippen molar-refractivity contribution in [1.29, 1.82) is 0 Å². The molecule has 6 aliphatic rings. The van der Waals surface area contributed by atoms with Gasteiger partial charge in [-0.05, 0) is 169 Å². The van der Waals surface area contributed by atoms with Gasteiger partial charge in [-0.2, -0.15) is 0 Å². The van der Waals surface area contributed by atoms with E-state index in [2.05, 4.69) is 49.5 Å². The Labute approximate surface area is 285 Å². The van der Waals surface area contributed by atoms with Gasteiger partial charge in [0.2, 0.25) is 0 Å². The van der Waals surface area contributed by atoms with E-state index >= 15 is 0 Å². The monoisotopic (exact) mass is 626 g/mol. The molecule has 7 unspecified atom stereocenters. The largest absolute Gasteiger partial charge is 0.330 e. The number of hydrogen-bond acceptors (Lipinski definition) is 1. The van der Waals surface area contributed by atoms with E-state index in [4.69, 9.17) is 5.73 Å². The molecule has 6 aliphatic carbocycles. The topological polar surface area (TPSA) is 26.0 Å². The first kappa shape index (κ1) is 34.5. The SMILES string of the molecule is CCC/C(=C\CCCCCCCCN)C1CCC(C2CC=C(C3CCC(C4C=C5C=CC=CC5CC4)CC3)CC2)C2CCCCC12. The maximum Gasteiger partial charge on any atom is 0.00182 e. The summed E-state index contributed by atoms with van der Waals surface area (Å²) in [6.07, 6.45) is 51.8. The summed E-state index contributed by atoms with van der Waals surface area (Å²) in [6.45, 7) is 3.28. The molecule has 0 aliphatic heterocycles. The summed E-state index contributed by atoms with van der Waals surface area (Å²) in [7, 11) is 0. The van der Waals surface area contributed by atoms with Crippen LogP contribution in [-0.4, -0.2) is 6.54 Å². The normalized spacial score (nSPS) is 36.5. The molecule has 0 amide bonds. The lowest BCUT2D eigenvalue weighted by atomic mass is 9.55. The van der Waals surface area contributed by atoms with Crippen LogP contribution >= 0.6 is 0 Å². The van der Waals surface area contributed by atoms with E-state index in [1.807, 2.05) is 11.1 Å². The van der Waals surface area contributed by atoms with Crippen LogP contribution in [0.4, 0.5) is 0 Å². The number of hydrogen-bond donors (Lipinski definition) is 1. The van der Waals surface area contributed by atoms with E-state index in [1.165, 1.54) is 154 Å². The molecule has 0 aromatic heterocycles. The zero-order valence-electron chi connectivity index (χ0n) is 30.0. The molecule has 7 atom stereocenters. The molecule has 0 aromatic carbocycles. The maximum atomic E-state index is 5.68. The third-order valence-electron chi connectivity index (χ3n) is 14.2. The molecule has 0 saturated heterocycles. The molecular weight excluding hydrogens is 555 g/mol. The molecule has 6 rings (SSSR count). The molecule has 3 fully saturated rings. The van der Waals surface area contributed by atoms with E-state index in [0.717, 1.165) is 53.9 Å². The summed E-state index contributed by atoms with van der Waals surface area (Å²) in [5.41, 5.74) is 11.1. The minimum Gasteiger partial charge on any atom is -0.330 e. The van der Waals surface area contributed by atoms with Crippen molar-refractivity contribution in [3.63, 3.8) is 0 Å². The first-order valence-electron chi connectivity index (χ1n) is 20.9. The van der Waals surface area contributed by atoms with Crippen LogP contribution in [-0.2, 0) is 0 Å². The average molecular weight is 626 g/mol. The molecule has 0 spiro atoms. The third-order valence-corrected chi connectivity index (χ3v) is 14.2. The first-order chi connectivity index (χ1) is 22.7. The van der Waals surface area contributed by atoms with Crippen LogP contribution in [0, 0.1) is 53.3 Å². The minimum atomic E-state index is 0.712. The Morgan fingerprint density at radius 2 is 1.57 bits per heavy atom. The molecule has 0 aromatic rings. The molecule has 3 saturated carbocycles. The van der Waals surface area contributed by atoms with Crippen LogP contribution in [0.5, 0.6) is 0 Å². The Morgan fingerprint density at radius 3 is 2.35 bits per heavy atom. The molecule has 1 heteroatoms. The van der Waals surface area contributed by atoms with Crippen molar-refractivity contribution in [3.8, 4) is 0 Å². The number of rotatable bonds is 14. The molecule has 256 valence electrons. The minimum absolute atomic E-state index is 0.712. The quantitative estimate of drug-likeness (QED) is 0.151. The maximum absolute atomic E-state index is 5.68. The smallest absolute Gasteiger partial charge is 0.00182 e. The molecule has 0 bridgehead atoms. The Balaban J connectivity index is 0.990. The zero-order valence-corrected chi connectivity index (χ0v) is 30.0. The predicted molar refractivity (Wildman–Crippen MR) is 199 cm³/mol. The van der Waals surface area contributed by atoms with Crippen LogP contribution in [0.25, 0.3) is 0 Å².